The quantitative estimate of drug-likeness (QED) is 0.0594. The van der Waals surface area contributed by atoms with E-state index in [1.807, 2.05) is 0 Å². The molecule has 0 aliphatic carbocycles. The van der Waals surface area contributed by atoms with Crippen LogP contribution in [0.5, 0.6) is 0 Å². The van der Waals surface area contributed by atoms with Crippen LogP contribution >= 0.6 is 0 Å². The highest BCUT2D eigenvalue weighted by Gasteiger charge is 2.28. The number of nitrogens with one attached hydrogen (secondary N) is 1. The number of aliphatic hydroxyl groups excluding tert-OH is 4. The van der Waals surface area contributed by atoms with Crippen LogP contribution < -0.4 is 5.32 Å². The monoisotopic (exact) mass is 558 g/mol. The highest BCUT2D eigenvalue weighted by molar-refractivity contribution is 5.80. The Morgan fingerprint density at radius 2 is 0.872 bits per heavy atom. The second kappa shape index (κ2) is 28.8. The third-order valence-electron chi connectivity index (χ3n) is 8.07. The lowest BCUT2D eigenvalue weighted by molar-refractivity contribution is -0.132. The van der Waals surface area contributed by atoms with E-state index in [2.05, 4.69) is 19.2 Å². The predicted octanol–water partition coefficient (Wildman–Crippen LogP) is 7.34. The van der Waals surface area contributed by atoms with E-state index in [1.54, 1.807) is 0 Å². The predicted molar refractivity (Wildman–Crippen MR) is 164 cm³/mol. The maximum Gasteiger partial charge on any atom is 0.249 e. The van der Waals surface area contributed by atoms with Crippen LogP contribution in [0, 0.1) is 0 Å². The summed E-state index contributed by atoms with van der Waals surface area (Å²) >= 11 is 0. The molecule has 0 aliphatic rings. The van der Waals surface area contributed by atoms with Gasteiger partial charge in [-0.3, -0.25) is 4.79 Å². The number of aliphatic hydroxyl groups is 4. The second-order valence-corrected chi connectivity index (χ2v) is 11.9. The van der Waals surface area contributed by atoms with Crippen LogP contribution in [0.1, 0.15) is 174 Å². The van der Waals surface area contributed by atoms with Crippen LogP contribution in [0.4, 0.5) is 0 Å². The van der Waals surface area contributed by atoms with Gasteiger partial charge in [0.2, 0.25) is 5.91 Å². The molecule has 4 atom stereocenters. The van der Waals surface area contributed by atoms with Gasteiger partial charge in [-0.2, -0.15) is 0 Å². The molecule has 39 heavy (non-hydrogen) atoms. The molecule has 5 N–H and O–H groups in total. The number of hydrogen-bond acceptors (Lipinski definition) is 5. The fourth-order valence-electron chi connectivity index (χ4n) is 5.28. The number of hydrogen-bond donors (Lipinski definition) is 5. The van der Waals surface area contributed by atoms with E-state index < -0.39 is 36.9 Å². The van der Waals surface area contributed by atoms with Gasteiger partial charge in [0.25, 0.3) is 0 Å². The summed E-state index contributed by atoms with van der Waals surface area (Å²) in [5, 5.41) is 43.2. The molecule has 0 aliphatic heterocycles. The molecule has 6 nitrogen and oxygen atoms in total. The summed E-state index contributed by atoms with van der Waals surface area (Å²) in [6, 6.07) is -0.975. The average Bonchev–Trinajstić information content (AvgIpc) is 2.94. The molecule has 0 spiro atoms. The van der Waals surface area contributed by atoms with Crippen LogP contribution in [-0.4, -0.2) is 57.3 Å². The van der Waals surface area contributed by atoms with Crippen molar-refractivity contribution < 1.29 is 25.2 Å². The summed E-state index contributed by atoms with van der Waals surface area (Å²) in [5.74, 6) is -0.588. The van der Waals surface area contributed by atoms with E-state index in [4.69, 9.17) is 0 Å². The van der Waals surface area contributed by atoms with Crippen molar-refractivity contribution in [2.75, 3.05) is 6.61 Å². The summed E-state index contributed by atoms with van der Waals surface area (Å²) in [4.78, 5) is 12.3. The Hall–Kier alpha value is -0.690. The summed E-state index contributed by atoms with van der Waals surface area (Å²) in [6.45, 7) is 3.99. The summed E-state index contributed by atoms with van der Waals surface area (Å²) in [7, 11) is 0. The van der Waals surface area contributed by atoms with E-state index in [-0.39, 0.29) is 0 Å². The smallest absolute Gasteiger partial charge is 0.249 e. The maximum atomic E-state index is 12.3. The zero-order valence-electron chi connectivity index (χ0n) is 25.9. The zero-order chi connectivity index (χ0) is 29.0. The van der Waals surface area contributed by atoms with Crippen molar-refractivity contribution in [1.82, 2.24) is 5.32 Å². The first kappa shape index (κ1) is 38.3. The fraction of sp³-hybridized carbons (Fsp3) is 0.970. The molecular formula is C33H67NO5. The van der Waals surface area contributed by atoms with Crippen LogP contribution in [-0.2, 0) is 4.79 Å². The van der Waals surface area contributed by atoms with Gasteiger partial charge in [0.1, 0.15) is 12.2 Å². The number of rotatable bonds is 30. The molecule has 4 unspecified atom stereocenters. The maximum absolute atomic E-state index is 12.3. The van der Waals surface area contributed by atoms with Gasteiger partial charge in [-0.25, -0.2) is 0 Å². The Balaban J connectivity index is 3.81. The van der Waals surface area contributed by atoms with Crippen molar-refractivity contribution in [3.05, 3.63) is 0 Å². The van der Waals surface area contributed by atoms with Crippen LogP contribution in [0.3, 0.4) is 0 Å². The molecule has 0 saturated heterocycles. The van der Waals surface area contributed by atoms with E-state index in [0.29, 0.717) is 12.8 Å². The number of carbonyl (C=O) groups is 1. The molecule has 0 aromatic rings. The van der Waals surface area contributed by atoms with Gasteiger partial charge < -0.3 is 25.7 Å². The molecule has 6 heteroatoms. The minimum absolute atomic E-state index is 0.372. The molecule has 0 fully saturated rings. The molecule has 0 aromatic carbocycles. The Labute approximate surface area is 241 Å². The van der Waals surface area contributed by atoms with Gasteiger partial charge >= 0.3 is 0 Å². The van der Waals surface area contributed by atoms with Gasteiger partial charge in [0.05, 0.1) is 18.8 Å². The van der Waals surface area contributed by atoms with Gasteiger partial charge in [-0.15, -0.1) is 0 Å². The highest BCUT2D eigenvalue weighted by atomic mass is 16.3. The number of unbranched alkanes of at least 4 members (excludes halogenated alkanes) is 21. The van der Waals surface area contributed by atoms with Crippen molar-refractivity contribution in [3.63, 3.8) is 0 Å². The lowest BCUT2D eigenvalue weighted by atomic mass is 9.99. The molecule has 1 amide bonds. The van der Waals surface area contributed by atoms with E-state index in [1.165, 1.54) is 109 Å². The van der Waals surface area contributed by atoms with E-state index in [0.717, 1.165) is 38.5 Å². The van der Waals surface area contributed by atoms with Crippen LogP contribution in [0.25, 0.3) is 0 Å². The SMILES string of the molecule is CCCCCCCCCCCCCCCCCC(O)C(O)C(CO)NC(=O)C(O)CCCCCCCCCC. The Morgan fingerprint density at radius 3 is 1.23 bits per heavy atom. The zero-order valence-corrected chi connectivity index (χ0v) is 25.9. The van der Waals surface area contributed by atoms with Crippen LogP contribution in [0.2, 0.25) is 0 Å². The van der Waals surface area contributed by atoms with Gasteiger partial charge in [0.15, 0.2) is 0 Å². The van der Waals surface area contributed by atoms with Gasteiger partial charge in [-0.1, -0.05) is 162 Å². The van der Waals surface area contributed by atoms with Gasteiger partial charge in [0, 0.05) is 0 Å². The number of carbonyl (C=O) groups excluding carboxylic acids is 1. The lowest BCUT2D eigenvalue weighted by Gasteiger charge is -2.27. The lowest BCUT2D eigenvalue weighted by Crippen LogP contribution is -2.53. The first-order valence-corrected chi connectivity index (χ1v) is 16.9. The summed E-state index contributed by atoms with van der Waals surface area (Å²) in [5.41, 5.74) is 0. The van der Waals surface area contributed by atoms with Crippen molar-refractivity contribution in [1.29, 1.82) is 0 Å². The topological polar surface area (TPSA) is 110 Å². The minimum atomic E-state index is -1.25. The highest BCUT2D eigenvalue weighted by Crippen LogP contribution is 2.16. The Morgan fingerprint density at radius 1 is 0.538 bits per heavy atom. The largest absolute Gasteiger partial charge is 0.394 e. The Kier molecular flexibility index (Phi) is 28.3. The molecule has 0 saturated carbocycles. The van der Waals surface area contributed by atoms with E-state index in [9.17, 15) is 25.2 Å². The molecule has 0 aromatic heterocycles. The second-order valence-electron chi connectivity index (χ2n) is 11.9. The van der Waals surface area contributed by atoms with Crippen molar-refractivity contribution >= 4 is 5.91 Å². The van der Waals surface area contributed by atoms with Crippen molar-refractivity contribution in [2.45, 2.75) is 199 Å². The summed E-state index contributed by atoms with van der Waals surface area (Å²) in [6.07, 6.45) is 25.6. The number of amides is 1. The first-order chi connectivity index (χ1) is 19.0. The molecule has 0 bridgehead atoms. The fourth-order valence-corrected chi connectivity index (χ4v) is 5.28. The van der Waals surface area contributed by atoms with Crippen molar-refractivity contribution in [3.8, 4) is 0 Å². The Bertz CT molecular complexity index is 518. The normalized spacial score (nSPS) is 14.7. The van der Waals surface area contributed by atoms with Gasteiger partial charge in [-0.05, 0) is 12.8 Å². The third-order valence-corrected chi connectivity index (χ3v) is 8.07. The third kappa shape index (κ3) is 23.7. The average molecular weight is 558 g/mol. The molecule has 234 valence electrons. The molecule has 0 radical (unpaired) electrons. The molecule has 0 heterocycles. The summed E-state index contributed by atoms with van der Waals surface area (Å²) < 4.78 is 0. The van der Waals surface area contributed by atoms with E-state index >= 15 is 0 Å². The van der Waals surface area contributed by atoms with Crippen LogP contribution in [0.15, 0.2) is 0 Å². The first-order valence-electron chi connectivity index (χ1n) is 16.9. The molecule has 0 rings (SSSR count). The van der Waals surface area contributed by atoms with Crippen molar-refractivity contribution in [2.24, 2.45) is 0 Å². The minimum Gasteiger partial charge on any atom is -0.394 e. The standard InChI is InChI=1S/C33H67NO5/c1-3-5-7-9-11-13-14-15-16-17-18-19-21-22-24-26-30(36)32(38)29(28-35)34-33(39)31(37)27-25-23-20-12-10-8-6-4-2/h29-32,35-38H,3-28H2,1-2H3,(H,34,39). The molecular weight excluding hydrogens is 490 g/mol.